The molecule has 0 saturated heterocycles. The fourth-order valence-corrected chi connectivity index (χ4v) is 2.09. The van der Waals surface area contributed by atoms with Crippen LogP contribution in [-0.2, 0) is 4.79 Å². The van der Waals surface area contributed by atoms with Gasteiger partial charge in [0.15, 0.2) is 0 Å². The van der Waals surface area contributed by atoms with Gasteiger partial charge < -0.3 is 16.0 Å². The van der Waals surface area contributed by atoms with Crippen LogP contribution in [0.1, 0.15) is 27.7 Å². The Hall–Kier alpha value is 0.320. The van der Waals surface area contributed by atoms with E-state index in [2.05, 4.69) is 24.1 Å². The fraction of sp³-hybridized carbons (Fsp3) is 0.917. The molecule has 0 spiro atoms. The minimum atomic E-state index is -0.332. The molecule has 0 saturated carbocycles. The van der Waals surface area contributed by atoms with E-state index in [-0.39, 0.29) is 36.3 Å². The second-order valence-corrected chi connectivity index (χ2v) is 5.95. The van der Waals surface area contributed by atoms with Crippen molar-refractivity contribution in [2.24, 2.45) is 5.73 Å². The highest BCUT2D eigenvalue weighted by Gasteiger charge is 2.11. The van der Waals surface area contributed by atoms with E-state index in [4.69, 9.17) is 5.73 Å². The third kappa shape index (κ3) is 16.3. The van der Waals surface area contributed by atoms with Gasteiger partial charge in [-0.05, 0) is 26.9 Å². The highest BCUT2D eigenvalue weighted by Crippen LogP contribution is 2.01. The zero-order valence-electron chi connectivity index (χ0n) is 12.4. The lowest BCUT2D eigenvalue weighted by Crippen LogP contribution is -2.45. The summed E-state index contributed by atoms with van der Waals surface area (Å²) in [6.45, 7) is 11.8. The van der Waals surface area contributed by atoms with Crippen molar-refractivity contribution in [3.05, 3.63) is 0 Å². The summed E-state index contributed by atoms with van der Waals surface area (Å²) in [4.78, 5) is 13.8. The normalized spacial score (nSPS) is 10.6. The molecular formula is C12H29Cl2N3OS. The number of amides is 1. The van der Waals surface area contributed by atoms with Crippen LogP contribution in [0.5, 0.6) is 0 Å². The molecular weight excluding hydrogens is 305 g/mol. The van der Waals surface area contributed by atoms with Crippen LogP contribution in [0.4, 0.5) is 0 Å². The first kappa shape index (κ1) is 24.3. The zero-order chi connectivity index (χ0) is 13.3. The van der Waals surface area contributed by atoms with Gasteiger partial charge in [0, 0.05) is 24.4 Å². The summed E-state index contributed by atoms with van der Waals surface area (Å²) in [5.74, 6) is 1.60. The Balaban J connectivity index is -0.00000128. The number of carbonyl (C=O) groups is 1. The minimum absolute atomic E-state index is 0. The number of nitrogens with zero attached hydrogens (tertiary/aromatic N) is 1. The Labute approximate surface area is 134 Å². The molecule has 0 atom stereocenters. The van der Waals surface area contributed by atoms with Gasteiger partial charge in [0.1, 0.15) is 0 Å². The largest absolute Gasteiger partial charge is 0.354 e. The third-order valence-corrected chi connectivity index (χ3v) is 3.36. The molecule has 0 unspecified atom stereocenters. The number of carbonyl (C=O) groups excluding carboxylic acids is 1. The zero-order valence-corrected chi connectivity index (χ0v) is 14.8. The lowest BCUT2D eigenvalue weighted by atomic mass is 10.1. The average molecular weight is 334 g/mol. The number of hydrogen-bond donors (Lipinski definition) is 2. The predicted molar refractivity (Wildman–Crippen MR) is 90.9 cm³/mol. The maximum Gasteiger partial charge on any atom is 0.230 e. The molecule has 0 rings (SSSR count). The summed E-state index contributed by atoms with van der Waals surface area (Å²) in [6, 6.07) is 0. The fourth-order valence-electron chi connectivity index (χ4n) is 1.28. The number of thioether (sulfide) groups is 1. The smallest absolute Gasteiger partial charge is 0.230 e. The highest BCUT2D eigenvalue weighted by molar-refractivity contribution is 7.99. The topological polar surface area (TPSA) is 58.4 Å². The Bertz CT molecular complexity index is 222. The molecule has 4 nitrogen and oxygen atoms in total. The summed E-state index contributed by atoms with van der Waals surface area (Å²) in [5, 5.41) is 2.84. The van der Waals surface area contributed by atoms with E-state index in [1.807, 2.05) is 13.8 Å². The SMILES string of the molecule is CCN(CC)CCSCC(=O)NCC(C)(C)N.Cl.Cl. The third-order valence-electron chi connectivity index (χ3n) is 2.42. The molecule has 1 amide bonds. The Morgan fingerprint density at radius 3 is 2.21 bits per heavy atom. The maximum atomic E-state index is 11.5. The van der Waals surface area contributed by atoms with Crippen molar-refractivity contribution in [1.82, 2.24) is 10.2 Å². The first-order chi connectivity index (χ1) is 7.89. The second-order valence-electron chi connectivity index (χ2n) is 4.84. The lowest BCUT2D eigenvalue weighted by molar-refractivity contribution is -0.118. The van der Waals surface area contributed by atoms with Gasteiger partial charge in [0.25, 0.3) is 0 Å². The predicted octanol–water partition coefficient (Wildman–Crippen LogP) is 1.76. The van der Waals surface area contributed by atoms with Crippen molar-refractivity contribution in [1.29, 1.82) is 0 Å². The van der Waals surface area contributed by atoms with E-state index in [1.54, 1.807) is 11.8 Å². The molecule has 19 heavy (non-hydrogen) atoms. The van der Waals surface area contributed by atoms with Gasteiger partial charge in [0.05, 0.1) is 5.75 Å². The molecule has 7 heteroatoms. The molecule has 0 radical (unpaired) electrons. The summed E-state index contributed by atoms with van der Waals surface area (Å²) in [6.07, 6.45) is 0. The molecule has 0 aliphatic carbocycles. The van der Waals surface area contributed by atoms with Crippen LogP contribution >= 0.6 is 36.6 Å². The molecule has 0 heterocycles. The van der Waals surface area contributed by atoms with Crippen LogP contribution in [0, 0.1) is 0 Å². The summed E-state index contributed by atoms with van der Waals surface area (Å²) >= 11 is 1.68. The summed E-state index contributed by atoms with van der Waals surface area (Å²) < 4.78 is 0. The van der Waals surface area contributed by atoms with Crippen LogP contribution in [0.3, 0.4) is 0 Å². The van der Waals surface area contributed by atoms with Crippen molar-refractivity contribution in [2.75, 3.05) is 37.7 Å². The number of halogens is 2. The van der Waals surface area contributed by atoms with Crippen molar-refractivity contribution in [3.8, 4) is 0 Å². The van der Waals surface area contributed by atoms with Crippen LogP contribution in [0.2, 0.25) is 0 Å². The van der Waals surface area contributed by atoms with E-state index in [0.717, 1.165) is 25.4 Å². The van der Waals surface area contributed by atoms with Crippen LogP contribution < -0.4 is 11.1 Å². The first-order valence-corrected chi connectivity index (χ1v) is 7.40. The van der Waals surface area contributed by atoms with E-state index < -0.39 is 0 Å². The second kappa shape index (κ2) is 13.3. The molecule has 118 valence electrons. The molecule has 0 aliphatic heterocycles. The molecule has 0 fully saturated rings. The van der Waals surface area contributed by atoms with Gasteiger partial charge in [-0.15, -0.1) is 24.8 Å². The van der Waals surface area contributed by atoms with Crippen molar-refractivity contribution in [2.45, 2.75) is 33.2 Å². The van der Waals surface area contributed by atoms with E-state index in [0.29, 0.717) is 12.3 Å². The van der Waals surface area contributed by atoms with E-state index >= 15 is 0 Å². The van der Waals surface area contributed by atoms with Gasteiger partial charge in [-0.2, -0.15) is 11.8 Å². The highest BCUT2D eigenvalue weighted by atomic mass is 35.5. The summed E-state index contributed by atoms with van der Waals surface area (Å²) in [5.41, 5.74) is 5.45. The lowest BCUT2D eigenvalue weighted by Gasteiger charge is -2.19. The van der Waals surface area contributed by atoms with Gasteiger partial charge in [-0.25, -0.2) is 0 Å². The molecule has 3 N–H and O–H groups in total. The number of rotatable bonds is 9. The molecule has 0 aromatic heterocycles. The minimum Gasteiger partial charge on any atom is -0.354 e. The van der Waals surface area contributed by atoms with E-state index in [9.17, 15) is 4.79 Å². The number of nitrogens with one attached hydrogen (secondary N) is 1. The number of nitrogens with two attached hydrogens (primary N) is 1. The average Bonchev–Trinajstić information content (AvgIpc) is 2.26. The summed E-state index contributed by atoms with van der Waals surface area (Å²) in [7, 11) is 0. The Morgan fingerprint density at radius 2 is 1.79 bits per heavy atom. The van der Waals surface area contributed by atoms with Crippen LogP contribution in [-0.4, -0.2) is 54.0 Å². The van der Waals surface area contributed by atoms with Gasteiger partial charge in [0.2, 0.25) is 5.91 Å². The Morgan fingerprint density at radius 1 is 1.26 bits per heavy atom. The molecule has 0 aromatic carbocycles. The molecule has 0 aromatic rings. The Kier molecular flexibility index (Phi) is 17.1. The van der Waals surface area contributed by atoms with Crippen LogP contribution in [0.25, 0.3) is 0 Å². The molecule has 0 aliphatic rings. The van der Waals surface area contributed by atoms with Gasteiger partial charge in [-0.3, -0.25) is 4.79 Å². The van der Waals surface area contributed by atoms with Crippen molar-refractivity contribution < 1.29 is 4.79 Å². The maximum absolute atomic E-state index is 11.5. The molecule has 0 bridgehead atoms. The van der Waals surface area contributed by atoms with E-state index in [1.165, 1.54) is 0 Å². The van der Waals surface area contributed by atoms with Crippen molar-refractivity contribution in [3.63, 3.8) is 0 Å². The van der Waals surface area contributed by atoms with Gasteiger partial charge >= 0.3 is 0 Å². The monoisotopic (exact) mass is 333 g/mol. The van der Waals surface area contributed by atoms with Gasteiger partial charge in [-0.1, -0.05) is 13.8 Å². The van der Waals surface area contributed by atoms with Crippen LogP contribution in [0.15, 0.2) is 0 Å². The number of hydrogen-bond acceptors (Lipinski definition) is 4. The standard InChI is InChI=1S/C12H27N3OS.2ClH/c1-5-15(6-2)7-8-17-9-11(16)14-10-12(3,4)13;;/h5-10,13H2,1-4H3,(H,14,16);2*1H. The van der Waals surface area contributed by atoms with Crippen molar-refractivity contribution >= 4 is 42.5 Å². The quantitative estimate of drug-likeness (QED) is 0.631. The first-order valence-electron chi connectivity index (χ1n) is 6.24.